The van der Waals surface area contributed by atoms with Gasteiger partial charge in [0, 0.05) is 31.7 Å². The summed E-state index contributed by atoms with van der Waals surface area (Å²) in [6, 6.07) is 27.7. The van der Waals surface area contributed by atoms with E-state index < -0.39 is 36.1 Å². The molecule has 4 saturated heterocycles. The van der Waals surface area contributed by atoms with Crippen LogP contribution in [0.15, 0.2) is 103 Å². The van der Waals surface area contributed by atoms with Crippen LogP contribution in [0.5, 0.6) is 0 Å². The molecule has 4 aromatic carbocycles. The molecule has 0 radical (unpaired) electrons. The summed E-state index contributed by atoms with van der Waals surface area (Å²) < 4.78 is 27.5. The van der Waals surface area contributed by atoms with E-state index in [2.05, 4.69) is 81.3 Å². The largest absolute Gasteiger partial charge is 0.453 e. The molecule has 4 aliphatic heterocycles. The fourth-order valence-electron chi connectivity index (χ4n) is 10.1. The van der Waals surface area contributed by atoms with Gasteiger partial charge in [-0.25, -0.2) is 19.6 Å². The summed E-state index contributed by atoms with van der Waals surface area (Å²) in [4.78, 5) is 73.2. The van der Waals surface area contributed by atoms with E-state index in [1.807, 2.05) is 30.3 Å². The highest BCUT2D eigenvalue weighted by atomic mass is 16.7. The number of nitrogens with zero attached hydrogens (tertiary/aromatic N) is 4. The van der Waals surface area contributed by atoms with Gasteiger partial charge in [0.15, 0.2) is 5.79 Å². The van der Waals surface area contributed by atoms with Crippen molar-refractivity contribution in [1.82, 2.24) is 40.4 Å². The van der Waals surface area contributed by atoms with Gasteiger partial charge < -0.3 is 54.1 Å². The summed E-state index contributed by atoms with van der Waals surface area (Å²) in [5.74, 6) is -0.222. The van der Waals surface area contributed by atoms with Gasteiger partial charge in [-0.2, -0.15) is 0 Å². The van der Waals surface area contributed by atoms with Crippen LogP contribution in [0.2, 0.25) is 0 Å². The lowest BCUT2D eigenvalue weighted by molar-refractivity contribution is -0.154. The van der Waals surface area contributed by atoms with Crippen LogP contribution in [-0.4, -0.2) is 119 Å². The van der Waals surface area contributed by atoms with E-state index in [4.69, 9.17) is 33.7 Å². The number of H-pyrrole nitrogens is 2. The molecule has 2 aromatic heterocycles. The van der Waals surface area contributed by atoms with E-state index in [1.165, 1.54) is 14.2 Å². The van der Waals surface area contributed by atoms with Crippen molar-refractivity contribution in [2.24, 2.45) is 5.92 Å². The number of methoxy groups -OCH3 is 2. The topological polar surface area (TPSA) is 202 Å². The monoisotopic (exact) mass is 922 g/mol. The minimum Gasteiger partial charge on any atom is -0.453 e. The van der Waals surface area contributed by atoms with Gasteiger partial charge >= 0.3 is 12.2 Å². The Balaban J connectivity index is 0.832. The zero-order valence-electron chi connectivity index (χ0n) is 37.9. The third-order valence-corrected chi connectivity index (χ3v) is 13.7. The molecular weight excluding hydrogens is 869 g/mol. The van der Waals surface area contributed by atoms with Gasteiger partial charge in [0.25, 0.3) is 5.91 Å². The van der Waals surface area contributed by atoms with E-state index in [0.717, 1.165) is 57.3 Å². The summed E-state index contributed by atoms with van der Waals surface area (Å²) in [6.45, 7) is 2.64. The molecule has 4 fully saturated rings. The number of rotatable bonds is 11. The number of hydrogen-bond donors (Lipinski definition) is 4. The predicted octanol–water partition coefficient (Wildman–Crippen LogP) is 7.22. The van der Waals surface area contributed by atoms with Crippen molar-refractivity contribution in [3.8, 4) is 33.6 Å². The molecule has 352 valence electrons. The van der Waals surface area contributed by atoms with Gasteiger partial charge in [-0.1, -0.05) is 78.9 Å². The minimum absolute atomic E-state index is 0.117. The lowest BCUT2D eigenvalue weighted by atomic mass is 9.90. The summed E-state index contributed by atoms with van der Waals surface area (Å²) in [7, 11) is 2.57. The maximum absolute atomic E-state index is 14.4. The molecule has 6 aromatic rings. The quantitative estimate of drug-likeness (QED) is 0.102. The molecule has 1 unspecified atom stereocenters. The Morgan fingerprint density at radius 3 is 1.97 bits per heavy atom. The van der Waals surface area contributed by atoms with Crippen molar-refractivity contribution in [1.29, 1.82) is 0 Å². The highest BCUT2D eigenvalue weighted by molar-refractivity contribution is 5.91. The normalized spacial score (nSPS) is 20.1. The molecular formula is C51H54N8O9. The maximum Gasteiger partial charge on any atom is 0.407 e. The molecule has 68 heavy (non-hydrogen) atoms. The van der Waals surface area contributed by atoms with E-state index in [0.29, 0.717) is 69.4 Å². The Morgan fingerprint density at radius 1 is 0.676 bits per heavy atom. The van der Waals surface area contributed by atoms with Crippen molar-refractivity contribution in [2.75, 3.05) is 53.7 Å². The maximum atomic E-state index is 14.4. The Morgan fingerprint density at radius 2 is 1.28 bits per heavy atom. The molecule has 10 rings (SSSR count). The Hall–Kier alpha value is -7.08. The lowest BCUT2D eigenvalue weighted by Crippen LogP contribution is -2.54. The Bertz CT molecular complexity index is 2780. The molecule has 17 nitrogen and oxygen atoms in total. The second kappa shape index (κ2) is 19.3. The van der Waals surface area contributed by atoms with Crippen molar-refractivity contribution >= 4 is 34.8 Å². The third-order valence-electron chi connectivity index (χ3n) is 13.7. The zero-order chi connectivity index (χ0) is 46.8. The molecule has 0 saturated carbocycles. The van der Waals surface area contributed by atoms with Crippen molar-refractivity contribution in [2.45, 2.75) is 62.1 Å². The van der Waals surface area contributed by atoms with Crippen molar-refractivity contribution in [3.05, 3.63) is 121 Å². The number of amides is 4. The van der Waals surface area contributed by atoms with Crippen LogP contribution in [0, 0.1) is 5.92 Å². The SMILES string of the molecule is COC(=O)NC(C(=O)N1CCC[C@H]1c1ncc(-c2ccc(-c3ccc4cc(-c5cnc([C@@H]6CC7(CN6C(=O)[C@@H](NC(=O)OC)C6CCOCC6)OCCO7)[nH]5)ccc4c3)cc2)[nH]1)c1ccccc1. The average molecular weight is 923 g/mol. The number of imidazole rings is 2. The van der Waals surface area contributed by atoms with Crippen LogP contribution in [0.25, 0.3) is 44.4 Å². The standard InChI is InChI=1S/C51H54N8O9/c1-64-49(62)56-43(33-7-4-3-5-8-33)47(60)58-20-6-9-41(58)45-52-28-39(54-45)32-12-10-31(11-13-32)35-14-15-37-26-38(17-16-36(37)25-35)40-29-53-46(55-40)42-27-51(67-23-24-68-51)30-59(42)48(61)44(57-50(63)65-2)34-18-21-66-22-19-34/h3-5,7-8,10-17,25-26,28-29,34,41-44H,6,9,18-24,27,30H2,1-2H3,(H,52,54)(H,53,55)(H,56,62)(H,57,63)/t41-,42-,43?,44-/m0/s1. The summed E-state index contributed by atoms with van der Waals surface area (Å²) >= 11 is 0. The molecule has 17 heteroatoms. The summed E-state index contributed by atoms with van der Waals surface area (Å²) in [5.41, 5.74) is 6.34. The molecule has 0 aliphatic carbocycles. The minimum atomic E-state index is -0.954. The van der Waals surface area contributed by atoms with Gasteiger partial charge in [0.2, 0.25) is 5.91 Å². The van der Waals surface area contributed by atoms with E-state index in [-0.39, 0.29) is 30.3 Å². The molecule has 4 atom stereocenters. The van der Waals surface area contributed by atoms with Gasteiger partial charge in [0.05, 0.1) is 69.8 Å². The highest BCUT2D eigenvalue weighted by Gasteiger charge is 2.53. The fraction of sp³-hybridized carbons (Fsp3) is 0.373. The molecule has 6 heterocycles. The first-order valence-corrected chi connectivity index (χ1v) is 23.1. The van der Waals surface area contributed by atoms with E-state index in [1.54, 1.807) is 22.2 Å². The summed E-state index contributed by atoms with van der Waals surface area (Å²) in [6.07, 6.45) is 5.47. The number of nitrogens with one attached hydrogen (secondary N) is 4. The number of fused-ring (bicyclic) bond motifs is 1. The zero-order valence-corrected chi connectivity index (χ0v) is 37.9. The number of ether oxygens (including phenoxy) is 5. The van der Waals surface area contributed by atoms with E-state index >= 15 is 0 Å². The number of hydrogen-bond acceptors (Lipinski definition) is 11. The molecule has 0 bridgehead atoms. The number of benzene rings is 4. The second-order valence-corrected chi connectivity index (χ2v) is 17.7. The number of aromatic nitrogens is 4. The van der Waals surface area contributed by atoms with Gasteiger partial charge in [-0.3, -0.25) is 9.59 Å². The van der Waals surface area contributed by atoms with Crippen LogP contribution in [0.1, 0.15) is 67.4 Å². The van der Waals surface area contributed by atoms with Crippen LogP contribution >= 0.6 is 0 Å². The Kier molecular flexibility index (Phi) is 12.7. The average Bonchev–Trinajstić information content (AvgIpc) is 4.26. The number of likely N-dealkylation sites (tertiary alicyclic amines) is 2. The first-order valence-electron chi connectivity index (χ1n) is 23.1. The van der Waals surface area contributed by atoms with Crippen molar-refractivity contribution < 1.29 is 42.9 Å². The number of aromatic amines is 2. The molecule has 4 aliphatic rings. The smallest absolute Gasteiger partial charge is 0.407 e. The third kappa shape index (κ3) is 9.03. The molecule has 4 amide bonds. The molecule has 1 spiro atoms. The van der Waals surface area contributed by atoms with Crippen LogP contribution < -0.4 is 10.6 Å². The highest BCUT2D eigenvalue weighted by Crippen LogP contribution is 2.43. The van der Waals surface area contributed by atoms with E-state index in [9.17, 15) is 19.2 Å². The second-order valence-electron chi connectivity index (χ2n) is 17.7. The van der Waals surface area contributed by atoms with Crippen LogP contribution in [-0.2, 0) is 33.3 Å². The summed E-state index contributed by atoms with van der Waals surface area (Å²) in [5, 5.41) is 7.66. The first-order chi connectivity index (χ1) is 33.2. The van der Waals surface area contributed by atoms with Crippen molar-refractivity contribution in [3.63, 3.8) is 0 Å². The van der Waals surface area contributed by atoms with Gasteiger partial charge in [-0.15, -0.1) is 0 Å². The first kappa shape index (κ1) is 44.7. The van der Waals surface area contributed by atoms with Gasteiger partial charge in [0.1, 0.15) is 23.7 Å². The van der Waals surface area contributed by atoms with Gasteiger partial charge in [-0.05, 0) is 76.8 Å². The van der Waals surface area contributed by atoms with Crippen LogP contribution in [0.3, 0.4) is 0 Å². The fourth-order valence-corrected chi connectivity index (χ4v) is 10.1. The molecule has 4 N–H and O–H groups in total. The number of carbonyl (C=O) groups is 4. The predicted molar refractivity (Wildman–Crippen MR) is 250 cm³/mol. The van der Waals surface area contributed by atoms with Crippen LogP contribution in [0.4, 0.5) is 9.59 Å². The number of alkyl carbamates (subject to hydrolysis) is 2. The lowest BCUT2D eigenvalue weighted by Gasteiger charge is -2.34. The number of carbonyl (C=O) groups excluding carboxylic acids is 4. The Labute approximate surface area is 392 Å².